The van der Waals surface area contributed by atoms with Gasteiger partial charge in [0.25, 0.3) is 0 Å². The van der Waals surface area contributed by atoms with E-state index < -0.39 is 0 Å². The summed E-state index contributed by atoms with van der Waals surface area (Å²) >= 11 is 0. The molecular formula is C18H40IN5. The molecule has 0 spiro atoms. The normalized spacial score (nSPS) is 17.2. The number of nitrogens with one attached hydrogen (secondary N) is 2. The van der Waals surface area contributed by atoms with Crippen LogP contribution in [-0.2, 0) is 0 Å². The summed E-state index contributed by atoms with van der Waals surface area (Å²) < 4.78 is 0. The molecule has 0 atom stereocenters. The monoisotopic (exact) mass is 453 g/mol. The lowest BCUT2D eigenvalue weighted by atomic mass is 10.2. The van der Waals surface area contributed by atoms with Crippen LogP contribution in [0.5, 0.6) is 0 Å². The largest absolute Gasteiger partial charge is 0.357 e. The lowest BCUT2D eigenvalue weighted by Crippen LogP contribution is -2.38. The van der Waals surface area contributed by atoms with Crippen molar-refractivity contribution in [3.8, 4) is 0 Å². The van der Waals surface area contributed by atoms with E-state index >= 15 is 0 Å². The number of guanidine groups is 1. The van der Waals surface area contributed by atoms with Gasteiger partial charge >= 0.3 is 0 Å². The average molecular weight is 453 g/mol. The van der Waals surface area contributed by atoms with Crippen LogP contribution in [0, 0.1) is 0 Å². The number of nitrogens with zero attached hydrogens (tertiary/aromatic N) is 3. The highest BCUT2D eigenvalue weighted by atomic mass is 127. The zero-order valence-corrected chi connectivity index (χ0v) is 18.5. The topological polar surface area (TPSA) is 42.9 Å². The summed E-state index contributed by atoms with van der Waals surface area (Å²) in [4.78, 5) is 9.73. The molecule has 1 aliphatic heterocycles. The molecule has 1 heterocycles. The van der Waals surface area contributed by atoms with Crippen LogP contribution in [0.25, 0.3) is 0 Å². The standard InChI is InChI=1S/C18H39N5.HI/c1-4-6-7-8-11-20-18(19-5-2)21-12-9-14-23-15-10-13-22(3)16-17-23;/h4-17H2,1-3H3,(H2,19,20,21);1H. The zero-order valence-electron chi connectivity index (χ0n) is 16.1. The Morgan fingerprint density at radius 2 is 1.79 bits per heavy atom. The van der Waals surface area contributed by atoms with E-state index in [0.717, 1.165) is 32.0 Å². The first kappa shape index (κ1) is 23.9. The van der Waals surface area contributed by atoms with E-state index in [4.69, 9.17) is 4.99 Å². The molecule has 5 nitrogen and oxygen atoms in total. The Kier molecular flexibility index (Phi) is 16.3. The maximum Gasteiger partial charge on any atom is 0.191 e. The summed E-state index contributed by atoms with van der Waals surface area (Å²) in [7, 11) is 2.22. The first-order valence-electron chi connectivity index (χ1n) is 9.69. The molecule has 0 saturated carbocycles. The van der Waals surface area contributed by atoms with Crippen molar-refractivity contribution in [2.24, 2.45) is 4.99 Å². The van der Waals surface area contributed by atoms with Crippen molar-refractivity contribution in [2.75, 3.05) is 59.4 Å². The van der Waals surface area contributed by atoms with Gasteiger partial charge in [0.1, 0.15) is 0 Å². The third-order valence-electron chi connectivity index (χ3n) is 4.38. The van der Waals surface area contributed by atoms with Crippen molar-refractivity contribution in [3.63, 3.8) is 0 Å². The Hall–Kier alpha value is -0.0800. The summed E-state index contributed by atoms with van der Waals surface area (Å²) in [6.45, 7) is 13.3. The first-order valence-corrected chi connectivity index (χ1v) is 9.69. The van der Waals surface area contributed by atoms with Gasteiger partial charge in [0.2, 0.25) is 0 Å². The number of hydrogen-bond donors (Lipinski definition) is 2. The maximum atomic E-state index is 4.71. The fraction of sp³-hybridized carbons (Fsp3) is 0.944. The van der Waals surface area contributed by atoms with Crippen LogP contribution in [0.15, 0.2) is 4.99 Å². The van der Waals surface area contributed by atoms with Gasteiger partial charge in [0, 0.05) is 32.7 Å². The molecule has 1 aliphatic rings. The van der Waals surface area contributed by atoms with Gasteiger partial charge in [0.05, 0.1) is 0 Å². The third-order valence-corrected chi connectivity index (χ3v) is 4.38. The molecule has 0 unspecified atom stereocenters. The number of halogens is 1. The average Bonchev–Trinajstić information content (AvgIpc) is 2.75. The summed E-state index contributed by atoms with van der Waals surface area (Å²) in [6, 6.07) is 0. The molecule has 1 rings (SSSR count). The number of likely N-dealkylation sites (N-methyl/N-ethyl adjacent to an activating group) is 1. The fourth-order valence-corrected chi connectivity index (χ4v) is 2.91. The van der Waals surface area contributed by atoms with Crippen LogP contribution < -0.4 is 10.6 Å². The number of unbranched alkanes of at least 4 members (excludes halogenated alkanes) is 3. The second-order valence-electron chi connectivity index (χ2n) is 6.60. The van der Waals surface area contributed by atoms with Crippen LogP contribution in [-0.4, -0.2) is 75.2 Å². The van der Waals surface area contributed by atoms with Crippen molar-refractivity contribution in [2.45, 2.75) is 52.4 Å². The van der Waals surface area contributed by atoms with Crippen molar-refractivity contribution < 1.29 is 0 Å². The van der Waals surface area contributed by atoms with E-state index in [1.807, 2.05) is 0 Å². The van der Waals surface area contributed by atoms with Crippen LogP contribution in [0.2, 0.25) is 0 Å². The molecule has 1 fully saturated rings. The molecule has 144 valence electrons. The van der Waals surface area contributed by atoms with E-state index in [2.05, 4.69) is 41.3 Å². The van der Waals surface area contributed by atoms with Crippen molar-refractivity contribution in [3.05, 3.63) is 0 Å². The molecule has 0 aromatic heterocycles. The van der Waals surface area contributed by atoms with Gasteiger partial charge in [-0.15, -0.1) is 24.0 Å². The summed E-state index contributed by atoms with van der Waals surface area (Å²) in [5.41, 5.74) is 0. The molecule has 0 amide bonds. The Morgan fingerprint density at radius 3 is 2.54 bits per heavy atom. The summed E-state index contributed by atoms with van der Waals surface area (Å²) in [5.74, 6) is 0.986. The van der Waals surface area contributed by atoms with Crippen molar-refractivity contribution in [1.29, 1.82) is 0 Å². The minimum atomic E-state index is 0. The Morgan fingerprint density at radius 1 is 0.958 bits per heavy atom. The van der Waals surface area contributed by atoms with E-state index in [-0.39, 0.29) is 24.0 Å². The zero-order chi connectivity index (χ0) is 16.8. The van der Waals surface area contributed by atoms with Crippen LogP contribution in [0.1, 0.15) is 52.4 Å². The van der Waals surface area contributed by atoms with Crippen molar-refractivity contribution >= 4 is 29.9 Å². The molecule has 0 radical (unpaired) electrons. The van der Waals surface area contributed by atoms with Crippen LogP contribution in [0.3, 0.4) is 0 Å². The van der Waals surface area contributed by atoms with Gasteiger partial charge in [-0.25, -0.2) is 0 Å². The second-order valence-corrected chi connectivity index (χ2v) is 6.60. The molecule has 6 heteroatoms. The minimum absolute atomic E-state index is 0. The van der Waals surface area contributed by atoms with Crippen LogP contribution >= 0.6 is 24.0 Å². The van der Waals surface area contributed by atoms with Gasteiger partial charge in [-0.3, -0.25) is 4.99 Å². The van der Waals surface area contributed by atoms with E-state index in [1.165, 1.54) is 64.8 Å². The molecule has 0 aliphatic carbocycles. The van der Waals surface area contributed by atoms with E-state index in [9.17, 15) is 0 Å². The van der Waals surface area contributed by atoms with Gasteiger partial charge in [-0.1, -0.05) is 26.2 Å². The number of aliphatic imine (C=N–C) groups is 1. The van der Waals surface area contributed by atoms with E-state index in [1.54, 1.807) is 0 Å². The predicted octanol–water partition coefficient (Wildman–Crippen LogP) is 2.77. The summed E-state index contributed by atoms with van der Waals surface area (Å²) in [6.07, 6.45) is 7.62. The Bertz CT molecular complexity index is 312. The predicted molar refractivity (Wildman–Crippen MR) is 117 cm³/mol. The number of hydrogen-bond acceptors (Lipinski definition) is 3. The smallest absolute Gasteiger partial charge is 0.191 e. The Balaban J connectivity index is 0.00000529. The maximum absolute atomic E-state index is 4.71. The Labute approximate surface area is 167 Å². The molecule has 24 heavy (non-hydrogen) atoms. The molecule has 2 N–H and O–H groups in total. The van der Waals surface area contributed by atoms with Gasteiger partial charge in [0.15, 0.2) is 5.96 Å². The van der Waals surface area contributed by atoms with Crippen LogP contribution in [0.4, 0.5) is 0 Å². The molecule has 0 bridgehead atoms. The van der Waals surface area contributed by atoms with Gasteiger partial charge in [-0.05, 0) is 52.9 Å². The highest BCUT2D eigenvalue weighted by molar-refractivity contribution is 14.0. The van der Waals surface area contributed by atoms with Gasteiger partial charge < -0.3 is 20.4 Å². The number of rotatable bonds is 10. The highest BCUT2D eigenvalue weighted by Gasteiger charge is 2.11. The fourth-order valence-electron chi connectivity index (χ4n) is 2.91. The molecule has 0 aromatic rings. The highest BCUT2D eigenvalue weighted by Crippen LogP contribution is 2.02. The lowest BCUT2D eigenvalue weighted by Gasteiger charge is -2.19. The minimum Gasteiger partial charge on any atom is -0.357 e. The van der Waals surface area contributed by atoms with Gasteiger partial charge in [-0.2, -0.15) is 0 Å². The third kappa shape index (κ3) is 12.3. The SMILES string of the molecule is CCCCCCNC(=NCCCN1CCCN(C)CC1)NCC.I. The van der Waals surface area contributed by atoms with Crippen molar-refractivity contribution in [1.82, 2.24) is 20.4 Å². The molecule has 1 saturated heterocycles. The first-order chi connectivity index (χ1) is 11.3. The molecular weight excluding hydrogens is 413 g/mol. The summed E-state index contributed by atoms with van der Waals surface area (Å²) in [5, 5.41) is 6.80. The van der Waals surface area contributed by atoms with E-state index in [0.29, 0.717) is 0 Å². The quantitative estimate of drug-likeness (QED) is 0.231. The lowest BCUT2D eigenvalue weighted by molar-refractivity contribution is 0.275. The second kappa shape index (κ2) is 16.4. The molecule has 0 aromatic carbocycles.